The van der Waals surface area contributed by atoms with Gasteiger partial charge in [-0.25, -0.2) is 9.59 Å². The number of esters is 2. The van der Waals surface area contributed by atoms with E-state index in [1.165, 1.54) is 51.7 Å². The summed E-state index contributed by atoms with van der Waals surface area (Å²) in [6, 6.07) is 4.34. The van der Waals surface area contributed by atoms with E-state index in [1.807, 2.05) is 0 Å². The highest BCUT2D eigenvalue weighted by atomic mass is 16.5. The number of hydrogen-bond acceptors (Lipinski definition) is 5. The summed E-state index contributed by atoms with van der Waals surface area (Å²) >= 11 is 0. The maximum Gasteiger partial charge on any atom is 0.337 e. The smallest absolute Gasteiger partial charge is 0.337 e. The summed E-state index contributed by atoms with van der Waals surface area (Å²) < 4.78 is 9.34. The monoisotopic (exact) mass is 349 g/mol. The van der Waals surface area contributed by atoms with Gasteiger partial charge in [-0.2, -0.15) is 0 Å². The predicted molar refractivity (Wildman–Crippen MR) is 95.7 cm³/mol. The van der Waals surface area contributed by atoms with Crippen molar-refractivity contribution in [3.8, 4) is 0 Å². The molecule has 0 aliphatic rings. The Hall–Kier alpha value is -2.37. The van der Waals surface area contributed by atoms with Gasteiger partial charge in [0.2, 0.25) is 5.91 Å². The molecule has 0 saturated heterocycles. The molecule has 0 spiro atoms. The number of ether oxygens (including phenoxy) is 2. The van der Waals surface area contributed by atoms with Crippen LogP contribution in [0.4, 0.5) is 5.69 Å². The lowest BCUT2D eigenvalue weighted by Gasteiger charge is -2.09. The molecule has 1 rings (SSSR count). The van der Waals surface area contributed by atoms with Crippen molar-refractivity contribution in [1.82, 2.24) is 0 Å². The van der Waals surface area contributed by atoms with E-state index in [4.69, 9.17) is 0 Å². The van der Waals surface area contributed by atoms with Crippen molar-refractivity contribution >= 4 is 23.5 Å². The molecule has 1 N–H and O–H groups in total. The molecule has 1 aromatic carbocycles. The zero-order chi connectivity index (χ0) is 18.7. The van der Waals surface area contributed by atoms with Crippen LogP contribution in [-0.4, -0.2) is 32.1 Å². The Morgan fingerprint density at radius 3 is 1.88 bits per heavy atom. The molecule has 0 aliphatic heterocycles. The molecule has 0 heterocycles. The van der Waals surface area contributed by atoms with Crippen molar-refractivity contribution in [1.29, 1.82) is 0 Å². The van der Waals surface area contributed by atoms with E-state index in [0.717, 1.165) is 19.3 Å². The second-order valence-corrected chi connectivity index (χ2v) is 5.85. The van der Waals surface area contributed by atoms with E-state index in [-0.39, 0.29) is 17.0 Å². The van der Waals surface area contributed by atoms with Crippen molar-refractivity contribution in [2.45, 2.75) is 51.9 Å². The van der Waals surface area contributed by atoms with Crippen molar-refractivity contribution in [3.63, 3.8) is 0 Å². The van der Waals surface area contributed by atoms with Crippen molar-refractivity contribution < 1.29 is 23.9 Å². The van der Waals surface area contributed by atoms with Gasteiger partial charge in [-0.05, 0) is 24.6 Å². The normalized spacial score (nSPS) is 10.2. The van der Waals surface area contributed by atoms with Crippen LogP contribution in [0.25, 0.3) is 0 Å². The second kappa shape index (κ2) is 11.2. The molecule has 0 bridgehead atoms. The predicted octanol–water partition coefficient (Wildman–Crippen LogP) is 3.95. The number of anilines is 1. The van der Waals surface area contributed by atoms with E-state index in [0.29, 0.717) is 12.1 Å². The van der Waals surface area contributed by atoms with Crippen LogP contribution in [-0.2, 0) is 14.3 Å². The molecule has 0 aromatic heterocycles. The van der Waals surface area contributed by atoms with Gasteiger partial charge in [0.1, 0.15) is 0 Å². The molecule has 1 amide bonds. The number of hydrogen-bond donors (Lipinski definition) is 1. The number of methoxy groups -OCH3 is 2. The fourth-order valence-corrected chi connectivity index (χ4v) is 2.46. The molecular weight excluding hydrogens is 322 g/mol. The number of unbranched alkanes of at least 4 members (excludes halogenated alkanes) is 5. The molecule has 138 valence electrons. The summed E-state index contributed by atoms with van der Waals surface area (Å²) in [7, 11) is 2.51. The van der Waals surface area contributed by atoms with E-state index >= 15 is 0 Å². The first-order valence-corrected chi connectivity index (χ1v) is 8.63. The Labute approximate surface area is 148 Å². The average Bonchev–Trinajstić information content (AvgIpc) is 2.62. The van der Waals surface area contributed by atoms with Gasteiger partial charge in [0, 0.05) is 12.1 Å². The van der Waals surface area contributed by atoms with Crippen molar-refractivity contribution in [2.75, 3.05) is 19.5 Å². The number of nitrogens with one attached hydrogen (secondary N) is 1. The van der Waals surface area contributed by atoms with Gasteiger partial charge in [0.05, 0.1) is 25.3 Å². The molecule has 0 radical (unpaired) electrons. The minimum Gasteiger partial charge on any atom is -0.465 e. The summed E-state index contributed by atoms with van der Waals surface area (Å²) in [6.07, 6.45) is 6.98. The summed E-state index contributed by atoms with van der Waals surface area (Å²) in [4.78, 5) is 35.5. The highest BCUT2D eigenvalue weighted by Crippen LogP contribution is 2.18. The van der Waals surface area contributed by atoms with Gasteiger partial charge in [-0.1, -0.05) is 39.0 Å². The lowest BCUT2D eigenvalue weighted by molar-refractivity contribution is -0.116. The van der Waals surface area contributed by atoms with Crippen LogP contribution < -0.4 is 5.32 Å². The van der Waals surface area contributed by atoms with Crippen LogP contribution in [0.5, 0.6) is 0 Å². The van der Waals surface area contributed by atoms with Gasteiger partial charge in [0.15, 0.2) is 0 Å². The summed E-state index contributed by atoms with van der Waals surface area (Å²) in [5.41, 5.74) is 0.736. The Kier molecular flexibility index (Phi) is 9.29. The number of benzene rings is 1. The zero-order valence-corrected chi connectivity index (χ0v) is 15.2. The van der Waals surface area contributed by atoms with E-state index in [1.54, 1.807) is 0 Å². The van der Waals surface area contributed by atoms with Gasteiger partial charge in [-0.15, -0.1) is 0 Å². The first kappa shape index (κ1) is 20.7. The molecule has 0 aliphatic carbocycles. The first-order valence-electron chi connectivity index (χ1n) is 8.63. The maximum absolute atomic E-state index is 12.1. The fraction of sp³-hybridized carbons (Fsp3) is 0.526. The number of carbonyl (C=O) groups is 3. The molecule has 6 nitrogen and oxygen atoms in total. The Morgan fingerprint density at radius 2 is 1.36 bits per heavy atom. The highest BCUT2D eigenvalue weighted by molar-refractivity contribution is 5.99. The van der Waals surface area contributed by atoms with Crippen molar-refractivity contribution in [3.05, 3.63) is 29.3 Å². The Morgan fingerprint density at radius 1 is 0.840 bits per heavy atom. The molecule has 6 heteroatoms. The van der Waals surface area contributed by atoms with Crippen LogP contribution in [0, 0.1) is 0 Å². The standard InChI is InChI=1S/C19H27NO5/c1-4-5-6-7-8-9-10-17(21)20-16-12-14(18(22)24-2)11-15(13-16)19(23)25-3/h11-13H,4-10H2,1-3H3,(H,20,21). The van der Waals surface area contributed by atoms with E-state index in [2.05, 4.69) is 21.7 Å². The van der Waals surface area contributed by atoms with E-state index < -0.39 is 11.9 Å². The van der Waals surface area contributed by atoms with Gasteiger partial charge in [-0.3, -0.25) is 4.79 Å². The lowest BCUT2D eigenvalue weighted by Crippen LogP contribution is -2.13. The third-order valence-corrected chi connectivity index (χ3v) is 3.82. The zero-order valence-electron chi connectivity index (χ0n) is 15.2. The van der Waals surface area contributed by atoms with Crippen LogP contribution in [0.2, 0.25) is 0 Å². The number of amides is 1. The van der Waals surface area contributed by atoms with Gasteiger partial charge < -0.3 is 14.8 Å². The van der Waals surface area contributed by atoms with Crippen LogP contribution in [0.3, 0.4) is 0 Å². The van der Waals surface area contributed by atoms with Crippen LogP contribution >= 0.6 is 0 Å². The van der Waals surface area contributed by atoms with Gasteiger partial charge >= 0.3 is 11.9 Å². The van der Waals surface area contributed by atoms with E-state index in [9.17, 15) is 14.4 Å². The second-order valence-electron chi connectivity index (χ2n) is 5.85. The van der Waals surface area contributed by atoms with Crippen molar-refractivity contribution in [2.24, 2.45) is 0 Å². The Balaban J connectivity index is 2.68. The molecule has 1 aromatic rings. The fourth-order valence-electron chi connectivity index (χ4n) is 2.46. The average molecular weight is 349 g/mol. The van der Waals surface area contributed by atoms with Crippen LogP contribution in [0.15, 0.2) is 18.2 Å². The highest BCUT2D eigenvalue weighted by Gasteiger charge is 2.14. The minimum atomic E-state index is -0.586. The molecule has 0 saturated carbocycles. The van der Waals surface area contributed by atoms with Gasteiger partial charge in [0.25, 0.3) is 0 Å². The summed E-state index contributed by atoms with van der Waals surface area (Å²) in [5.74, 6) is -1.32. The minimum absolute atomic E-state index is 0.145. The summed E-state index contributed by atoms with van der Waals surface area (Å²) in [6.45, 7) is 2.17. The molecule has 0 unspecified atom stereocenters. The first-order chi connectivity index (χ1) is 12.0. The third kappa shape index (κ3) is 7.37. The Bertz CT molecular complexity index is 563. The number of rotatable bonds is 10. The maximum atomic E-state index is 12.1. The quantitative estimate of drug-likeness (QED) is 0.511. The lowest BCUT2D eigenvalue weighted by atomic mass is 10.1. The summed E-state index contributed by atoms with van der Waals surface area (Å²) in [5, 5.41) is 2.73. The largest absolute Gasteiger partial charge is 0.465 e. The molecule has 0 atom stereocenters. The topological polar surface area (TPSA) is 81.7 Å². The third-order valence-electron chi connectivity index (χ3n) is 3.82. The molecular formula is C19H27NO5. The molecule has 25 heavy (non-hydrogen) atoms. The number of carbonyl (C=O) groups excluding carboxylic acids is 3. The molecule has 0 fully saturated rings. The SMILES string of the molecule is CCCCCCCCC(=O)Nc1cc(C(=O)OC)cc(C(=O)OC)c1. The van der Waals surface area contributed by atoms with Crippen LogP contribution in [0.1, 0.15) is 72.6 Å².